The van der Waals surface area contributed by atoms with Crippen LogP contribution in [-0.4, -0.2) is 10.1 Å². The Labute approximate surface area is 103 Å². The van der Waals surface area contributed by atoms with Crippen LogP contribution in [0.1, 0.15) is 17.2 Å². The molecule has 0 aliphatic carbocycles. The van der Waals surface area contributed by atoms with Gasteiger partial charge in [-0.05, 0) is 23.3 Å². The van der Waals surface area contributed by atoms with Gasteiger partial charge in [0.15, 0.2) is 5.58 Å². The lowest BCUT2D eigenvalue weighted by Gasteiger charge is -2.10. The molecule has 0 radical (unpaired) electrons. The second kappa shape index (κ2) is 4.16. The normalized spacial score (nSPS) is 12.7. The minimum atomic E-state index is -0.726. The summed E-state index contributed by atoms with van der Waals surface area (Å²) >= 11 is 0. The zero-order valence-corrected chi connectivity index (χ0v) is 9.46. The summed E-state index contributed by atoms with van der Waals surface area (Å²) in [5, 5.41) is 10.2. The number of hydrogen-bond donors (Lipinski definition) is 2. The van der Waals surface area contributed by atoms with Crippen LogP contribution < -0.4 is 5.76 Å². The third-order valence-electron chi connectivity index (χ3n) is 2.88. The number of hydrogen-bond acceptors (Lipinski definition) is 3. The fourth-order valence-electron chi connectivity index (χ4n) is 1.96. The van der Waals surface area contributed by atoms with Gasteiger partial charge in [0.1, 0.15) is 6.10 Å². The number of fused-ring (bicyclic) bond motifs is 1. The average Bonchev–Trinajstić information content (AvgIpc) is 2.78. The van der Waals surface area contributed by atoms with Gasteiger partial charge in [0.05, 0.1) is 5.52 Å². The van der Waals surface area contributed by atoms with E-state index in [1.54, 1.807) is 18.2 Å². The Morgan fingerprint density at radius 2 is 1.83 bits per heavy atom. The zero-order chi connectivity index (χ0) is 12.5. The molecule has 3 rings (SSSR count). The molecular formula is C14H11NO3. The minimum Gasteiger partial charge on any atom is -0.408 e. The summed E-state index contributed by atoms with van der Waals surface area (Å²) in [6, 6.07) is 14.5. The number of oxazole rings is 1. The molecule has 0 bridgehead atoms. The third-order valence-corrected chi connectivity index (χ3v) is 2.88. The topological polar surface area (TPSA) is 66.2 Å². The Bertz CT molecular complexity index is 727. The molecular weight excluding hydrogens is 230 g/mol. The lowest BCUT2D eigenvalue weighted by molar-refractivity contribution is 0.220. The molecule has 3 aromatic rings. The number of nitrogens with one attached hydrogen (secondary N) is 1. The first-order chi connectivity index (χ1) is 8.74. The van der Waals surface area contributed by atoms with Crippen molar-refractivity contribution >= 4 is 11.1 Å². The smallest absolute Gasteiger partial charge is 0.408 e. The van der Waals surface area contributed by atoms with Crippen LogP contribution in [0.25, 0.3) is 11.1 Å². The molecule has 1 atom stereocenters. The number of aliphatic hydroxyl groups is 1. The molecule has 1 heterocycles. The van der Waals surface area contributed by atoms with E-state index in [9.17, 15) is 9.90 Å². The minimum absolute atomic E-state index is 0.451. The predicted molar refractivity (Wildman–Crippen MR) is 67.3 cm³/mol. The second-order valence-corrected chi connectivity index (χ2v) is 4.08. The van der Waals surface area contributed by atoms with Gasteiger partial charge in [-0.2, -0.15) is 0 Å². The van der Waals surface area contributed by atoms with Gasteiger partial charge in [0.25, 0.3) is 0 Å². The van der Waals surface area contributed by atoms with E-state index in [1.807, 2.05) is 30.3 Å². The molecule has 2 N–H and O–H groups in total. The van der Waals surface area contributed by atoms with Crippen LogP contribution >= 0.6 is 0 Å². The lowest BCUT2D eigenvalue weighted by atomic mass is 10.0. The highest BCUT2D eigenvalue weighted by atomic mass is 16.4. The maximum atomic E-state index is 11.1. The fraction of sp³-hybridized carbons (Fsp3) is 0.0714. The predicted octanol–water partition coefficient (Wildman–Crippen LogP) is 2.20. The number of aromatic nitrogens is 1. The van der Waals surface area contributed by atoms with E-state index >= 15 is 0 Å². The van der Waals surface area contributed by atoms with E-state index in [-0.39, 0.29) is 0 Å². The van der Waals surface area contributed by atoms with E-state index in [0.717, 1.165) is 5.56 Å². The van der Waals surface area contributed by atoms with Crippen molar-refractivity contribution in [3.8, 4) is 0 Å². The Morgan fingerprint density at radius 1 is 1.06 bits per heavy atom. The number of aliphatic hydroxyl groups excluding tert-OH is 1. The van der Waals surface area contributed by atoms with E-state index in [0.29, 0.717) is 16.7 Å². The summed E-state index contributed by atoms with van der Waals surface area (Å²) in [6.45, 7) is 0. The molecule has 0 saturated carbocycles. The number of benzene rings is 2. The summed E-state index contributed by atoms with van der Waals surface area (Å²) in [4.78, 5) is 13.6. The van der Waals surface area contributed by atoms with Crippen LogP contribution in [0.4, 0.5) is 0 Å². The molecule has 4 nitrogen and oxygen atoms in total. The van der Waals surface area contributed by atoms with Crippen molar-refractivity contribution in [2.45, 2.75) is 6.10 Å². The quantitative estimate of drug-likeness (QED) is 0.722. The maximum Gasteiger partial charge on any atom is 0.417 e. The van der Waals surface area contributed by atoms with Crippen molar-refractivity contribution in [1.82, 2.24) is 4.98 Å². The maximum absolute atomic E-state index is 11.1. The molecule has 0 fully saturated rings. The van der Waals surface area contributed by atoms with Crippen molar-refractivity contribution < 1.29 is 9.52 Å². The lowest BCUT2D eigenvalue weighted by Crippen LogP contribution is -1.98. The van der Waals surface area contributed by atoms with Gasteiger partial charge in [0, 0.05) is 0 Å². The van der Waals surface area contributed by atoms with Gasteiger partial charge < -0.3 is 9.52 Å². The SMILES string of the molecule is O=c1[nH]c2ccc(C(O)c3ccccc3)cc2o1. The highest BCUT2D eigenvalue weighted by Gasteiger charge is 2.11. The monoisotopic (exact) mass is 241 g/mol. The summed E-state index contributed by atoms with van der Waals surface area (Å²) < 4.78 is 4.97. The fourth-order valence-corrected chi connectivity index (χ4v) is 1.96. The highest BCUT2D eigenvalue weighted by Crippen LogP contribution is 2.24. The number of rotatable bonds is 2. The summed E-state index contributed by atoms with van der Waals surface area (Å²) in [5.41, 5.74) is 2.57. The van der Waals surface area contributed by atoms with Gasteiger partial charge in [-0.25, -0.2) is 4.79 Å². The molecule has 0 spiro atoms. The van der Waals surface area contributed by atoms with Crippen LogP contribution in [0.3, 0.4) is 0 Å². The molecule has 4 heteroatoms. The van der Waals surface area contributed by atoms with Crippen molar-refractivity contribution in [2.75, 3.05) is 0 Å². The summed E-state index contributed by atoms with van der Waals surface area (Å²) in [6.07, 6.45) is -0.726. The van der Waals surface area contributed by atoms with Crippen LogP contribution in [0, 0.1) is 0 Å². The van der Waals surface area contributed by atoms with Crippen molar-refractivity contribution in [1.29, 1.82) is 0 Å². The molecule has 0 aliphatic heterocycles. The van der Waals surface area contributed by atoms with Gasteiger partial charge in [-0.15, -0.1) is 0 Å². The largest absolute Gasteiger partial charge is 0.417 e. The molecule has 2 aromatic carbocycles. The molecule has 1 aromatic heterocycles. The number of aromatic amines is 1. The summed E-state index contributed by atoms with van der Waals surface area (Å²) in [7, 11) is 0. The standard InChI is InChI=1S/C14H11NO3/c16-13(9-4-2-1-3-5-9)10-6-7-11-12(8-10)18-14(17)15-11/h1-8,13,16H,(H,15,17). The molecule has 0 amide bonds. The van der Waals surface area contributed by atoms with E-state index < -0.39 is 11.9 Å². The molecule has 90 valence electrons. The molecule has 0 aliphatic rings. The summed E-state index contributed by atoms with van der Waals surface area (Å²) in [5.74, 6) is -0.489. The first-order valence-corrected chi connectivity index (χ1v) is 5.60. The van der Waals surface area contributed by atoms with Crippen LogP contribution in [0.15, 0.2) is 57.7 Å². The van der Waals surface area contributed by atoms with Gasteiger partial charge in [-0.3, -0.25) is 4.98 Å². The average molecular weight is 241 g/mol. The third kappa shape index (κ3) is 1.83. The van der Waals surface area contributed by atoms with E-state index in [1.165, 1.54) is 0 Å². The van der Waals surface area contributed by atoms with Crippen LogP contribution in [-0.2, 0) is 0 Å². The molecule has 0 saturated heterocycles. The Morgan fingerprint density at radius 3 is 2.61 bits per heavy atom. The molecule has 18 heavy (non-hydrogen) atoms. The van der Waals surface area contributed by atoms with E-state index in [2.05, 4.69) is 4.98 Å². The van der Waals surface area contributed by atoms with Crippen molar-refractivity contribution in [3.63, 3.8) is 0 Å². The van der Waals surface area contributed by atoms with Crippen LogP contribution in [0.2, 0.25) is 0 Å². The Hall–Kier alpha value is -2.33. The Kier molecular flexibility index (Phi) is 2.50. The van der Waals surface area contributed by atoms with E-state index in [4.69, 9.17) is 4.42 Å². The molecule has 1 unspecified atom stereocenters. The van der Waals surface area contributed by atoms with Gasteiger partial charge in [0.2, 0.25) is 0 Å². The number of H-pyrrole nitrogens is 1. The second-order valence-electron chi connectivity index (χ2n) is 4.08. The van der Waals surface area contributed by atoms with Crippen molar-refractivity contribution in [2.24, 2.45) is 0 Å². The first kappa shape index (κ1) is 10.8. The first-order valence-electron chi connectivity index (χ1n) is 5.60. The van der Waals surface area contributed by atoms with Gasteiger partial charge in [-0.1, -0.05) is 36.4 Å². The van der Waals surface area contributed by atoms with Crippen molar-refractivity contribution in [3.05, 3.63) is 70.2 Å². The highest BCUT2D eigenvalue weighted by molar-refractivity contribution is 5.73. The Balaban J connectivity index is 2.06. The van der Waals surface area contributed by atoms with Crippen LogP contribution in [0.5, 0.6) is 0 Å². The van der Waals surface area contributed by atoms with Gasteiger partial charge >= 0.3 is 5.76 Å². The zero-order valence-electron chi connectivity index (χ0n) is 9.46.